The fourth-order valence-electron chi connectivity index (χ4n) is 6.50. The summed E-state index contributed by atoms with van der Waals surface area (Å²) in [6.45, 7) is 13.8. The average Bonchev–Trinajstić information content (AvgIpc) is 3.69. The average molecular weight is 848 g/mol. The number of rotatable bonds is 6. The molecular weight excluding hydrogens is 807 g/mol. The minimum absolute atomic E-state index is 0. The summed E-state index contributed by atoms with van der Waals surface area (Å²) >= 11 is 0. The minimum Gasteiger partial charge on any atom is -0.557 e. The summed E-state index contributed by atoms with van der Waals surface area (Å²) in [4.78, 5) is 9.64. The van der Waals surface area contributed by atoms with Gasteiger partial charge in [-0.1, -0.05) is 116 Å². The van der Waals surface area contributed by atoms with Crippen LogP contribution in [-0.2, 0) is 26.5 Å². The van der Waals surface area contributed by atoms with E-state index >= 15 is 0 Å². The number of hydrogen-bond donors (Lipinski definition) is 0. The summed E-state index contributed by atoms with van der Waals surface area (Å²) in [6.07, 6.45) is 6.35. The van der Waals surface area contributed by atoms with Crippen LogP contribution in [0.25, 0.3) is 61.1 Å². The summed E-state index contributed by atoms with van der Waals surface area (Å²) in [7, 11) is -1.34. The van der Waals surface area contributed by atoms with Crippen LogP contribution in [0.3, 0.4) is 0 Å². The van der Waals surface area contributed by atoms with Crippen LogP contribution in [0.15, 0.2) is 126 Å². The monoisotopic (exact) mass is 848 g/mol. The van der Waals surface area contributed by atoms with Crippen LogP contribution in [0, 0.1) is 25.2 Å². The second-order valence-corrected chi connectivity index (χ2v) is 19.3. The van der Waals surface area contributed by atoms with E-state index in [2.05, 4.69) is 141 Å². The normalized spacial score (nSPS) is 11.5. The van der Waals surface area contributed by atoms with Crippen LogP contribution in [-0.4, -0.2) is 22.6 Å². The number of furan rings is 1. The largest absolute Gasteiger partial charge is 0.557 e. The summed E-state index contributed by atoms with van der Waals surface area (Å²) in [5, 5.41) is 4.93. The molecule has 0 N–H and O–H groups in total. The Kier molecular flexibility index (Phi) is 10.4. The SMILES string of the molecule is CC(C)Cc1cc(-c2[c-]cccc2)ncc1[Si](C)(C)C.Cc1ccc2c(-c3nc4ccccc4n3-c3ccc4ccccc4c3)[c-]oc2c1.[Ir]. The van der Waals surface area contributed by atoms with E-state index in [0.717, 1.165) is 62.3 Å². The van der Waals surface area contributed by atoms with Gasteiger partial charge in [-0.25, -0.2) is 0 Å². The number of pyridine rings is 1. The summed E-state index contributed by atoms with van der Waals surface area (Å²) in [5.41, 5.74) is 9.56. The van der Waals surface area contributed by atoms with E-state index < -0.39 is 8.07 Å². The molecule has 0 atom stereocenters. The summed E-state index contributed by atoms with van der Waals surface area (Å²) in [6, 6.07) is 43.0. The first kappa shape index (κ1) is 35.2. The first-order valence-corrected chi connectivity index (χ1v) is 20.5. The second kappa shape index (κ2) is 14.7. The van der Waals surface area contributed by atoms with Crippen molar-refractivity contribution in [1.82, 2.24) is 14.5 Å². The van der Waals surface area contributed by atoms with E-state index in [-0.39, 0.29) is 20.1 Å². The molecule has 0 aliphatic carbocycles. The zero-order chi connectivity index (χ0) is 34.1. The molecule has 8 rings (SSSR count). The standard InChI is InChI=1S/C26H17N2O.C18H24NSi.Ir/c1-17-10-13-21-22(16-29-25(21)14-17)26-27-23-8-4-5-9-24(23)28(26)20-12-11-18-6-2-3-7-19(18)15-20;1-14(2)11-16-12-17(15-9-7-6-8-10-15)19-13-18(16)20(3,4)5;/h2-15H,1H3;6-9,12-14H,11H2,1-5H3;/q2*-1;. The Hall–Kier alpha value is -4.61. The van der Waals surface area contributed by atoms with Gasteiger partial charge in [0.25, 0.3) is 0 Å². The number of imidazole rings is 1. The third-order valence-electron chi connectivity index (χ3n) is 8.86. The molecule has 0 amide bonds. The summed E-state index contributed by atoms with van der Waals surface area (Å²) < 4.78 is 7.96. The van der Waals surface area contributed by atoms with Crippen molar-refractivity contribution in [3.05, 3.63) is 145 Å². The van der Waals surface area contributed by atoms with Crippen molar-refractivity contribution in [2.45, 2.75) is 46.8 Å². The van der Waals surface area contributed by atoms with E-state index in [1.54, 1.807) is 0 Å². The molecule has 0 unspecified atom stereocenters. The molecule has 8 aromatic rings. The molecule has 50 heavy (non-hydrogen) atoms. The molecule has 5 aromatic carbocycles. The van der Waals surface area contributed by atoms with Crippen molar-refractivity contribution in [3.63, 3.8) is 0 Å². The molecule has 0 aliphatic rings. The van der Waals surface area contributed by atoms with Gasteiger partial charge in [0.15, 0.2) is 0 Å². The zero-order valence-corrected chi connectivity index (χ0v) is 32.8. The maximum atomic E-state index is 5.76. The molecule has 0 bridgehead atoms. The van der Waals surface area contributed by atoms with Crippen molar-refractivity contribution >= 4 is 46.0 Å². The van der Waals surface area contributed by atoms with Crippen molar-refractivity contribution < 1.29 is 24.5 Å². The van der Waals surface area contributed by atoms with Crippen molar-refractivity contribution in [2.75, 3.05) is 0 Å². The van der Waals surface area contributed by atoms with E-state index in [1.165, 1.54) is 21.5 Å². The maximum absolute atomic E-state index is 5.76. The van der Waals surface area contributed by atoms with Crippen LogP contribution in [0.5, 0.6) is 0 Å². The fraction of sp³-hybridized carbons (Fsp3) is 0.182. The quantitative estimate of drug-likeness (QED) is 0.124. The molecule has 253 valence electrons. The predicted molar refractivity (Wildman–Crippen MR) is 207 cm³/mol. The third-order valence-corrected chi connectivity index (χ3v) is 10.9. The Morgan fingerprint density at radius 3 is 2.34 bits per heavy atom. The first-order chi connectivity index (χ1) is 23.7. The number of fused-ring (bicyclic) bond motifs is 3. The predicted octanol–water partition coefficient (Wildman–Crippen LogP) is 11.0. The van der Waals surface area contributed by atoms with Gasteiger partial charge in [-0.2, -0.15) is 0 Å². The van der Waals surface area contributed by atoms with Gasteiger partial charge in [-0.3, -0.25) is 4.98 Å². The summed E-state index contributed by atoms with van der Waals surface area (Å²) in [5.74, 6) is 1.50. The van der Waals surface area contributed by atoms with Crippen LogP contribution in [0.4, 0.5) is 0 Å². The van der Waals surface area contributed by atoms with Crippen LogP contribution < -0.4 is 5.19 Å². The molecular formula is C44H41IrN3OSi-2. The van der Waals surface area contributed by atoms with Crippen molar-refractivity contribution in [1.29, 1.82) is 0 Å². The van der Waals surface area contributed by atoms with E-state index in [1.807, 2.05) is 42.5 Å². The van der Waals surface area contributed by atoms with Crippen LogP contribution >= 0.6 is 0 Å². The van der Waals surface area contributed by atoms with Gasteiger partial charge >= 0.3 is 0 Å². The Bertz CT molecular complexity index is 2400. The van der Waals surface area contributed by atoms with Gasteiger partial charge < -0.3 is 14.0 Å². The van der Waals surface area contributed by atoms with Gasteiger partial charge in [-0.15, -0.1) is 42.0 Å². The molecule has 3 aromatic heterocycles. The van der Waals surface area contributed by atoms with Crippen LogP contribution in [0.1, 0.15) is 25.0 Å². The molecule has 0 aliphatic heterocycles. The maximum Gasteiger partial charge on any atom is 0.0798 e. The molecule has 0 spiro atoms. The van der Waals surface area contributed by atoms with E-state index in [0.29, 0.717) is 5.92 Å². The smallest absolute Gasteiger partial charge is 0.0798 e. The Labute approximate surface area is 309 Å². The number of nitrogens with zero attached hydrogens (tertiary/aromatic N) is 3. The molecule has 0 fully saturated rings. The van der Waals surface area contributed by atoms with E-state index in [9.17, 15) is 0 Å². The number of para-hydroxylation sites is 2. The molecule has 4 nitrogen and oxygen atoms in total. The van der Waals surface area contributed by atoms with Crippen molar-refractivity contribution in [2.24, 2.45) is 5.92 Å². The number of hydrogen-bond acceptors (Lipinski definition) is 3. The number of aromatic nitrogens is 3. The molecule has 1 radical (unpaired) electrons. The van der Waals surface area contributed by atoms with Crippen molar-refractivity contribution in [3.8, 4) is 28.3 Å². The molecule has 6 heteroatoms. The first-order valence-electron chi connectivity index (χ1n) is 17.0. The topological polar surface area (TPSA) is 43.9 Å². The van der Waals surface area contributed by atoms with Gasteiger partial charge in [0, 0.05) is 43.8 Å². The van der Waals surface area contributed by atoms with Gasteiger partial charge in [0.2, 0.25) is 0 Å². The molecule has 3 heterocycles. The van der Waals surface area contributed by atoms with Gasteiger partial charge in [0.1, 0.15) is 0 Å². The molecule has 0 saturated heterocycles. The van der Waals surface area contributed by atoms with Crippen LogP contribution in [0.2, 0.25) is 19.6 Å². The van der Waals surface area contributed by atoms with Gasteiger partial charge in [0.05, 0.1) is 24.9 Å². The number of aryl methyl sites for hydroxylation is 1. The van der Waals surface area contributed by atoms with Gasteiger partial charge in [-0.05, 0) is 65.2 Å². The minimum atomic E-state index is -1.34. The Morgan fingerprint density at radius 2 is 1.58 bits per heavy atom. The zero-order valence-electron chi connectivity index (χ0n) is 29.4. The molecule has 0 saturated carbocycles. The third kappa shape index (κ3) is 7.29. The Morgan fingerprint density at radius 1 is 0.820 bits per heavy atom. The Balaban J connectivity index is 0.000000182. The fourth-order valence-corrected chi connectivity index (χ4v) is 8.09. The number of benzene rings is 5. The second-order valence-electron chi connectivity index (χ2n) is 14.2. The van der Waals surface area contributed by atoms with E-state index in [4.69, 9.17) is 9.40 Å².